The monoisotopic (exact) mass is 299 g/mol. The average Bonchev–Trinajstić information content (AvgIpc) is 2.16. The molecule has 0 saturated carbocycles. The third kappa shape index (κ3) is 2.63. The van der Waals surface area contributed by atoms with Crippen LogP contribution in [0, 0.1) is 0 Å². The minimum atomic E-state index is -2.78. The molecule has 0 atom stereocenters. The van der Waals surface area contributed by atoms with Crippen molar-refractivity contribution < 1.29 is 18.3 Å². The van der Waals surface area contributed by atoms with Gasteiger partial charge in [-0.15, -0.1) is 0 Å². The van der Waals surface area contributed by atoms with Crippen molar-refractivity contribution in [1.82, 2.24) is 4.98 Å². The van der Waals surface area contributed by atoms with Crippen molar-refractivity contribution in [3.63, 3.8) is 0 Å². The maximum atomic E-state index is 12.5. The first-order valence-electron chi connectivity index (χ1n) is 3.69. The van der Waals surface area contributed by atoms with Crippen LogP contribution in [0.15, 0.2) is 10.7 Å². The van der Waals surface area contributed by atoms with Gasteiger partial charge in [-0.1, -0.05) is 0 Å². The Morgan fingerprint density at radius 3 is 2.67 bits per heavy atom. The molecule has 0 saturated heterocycles. The Morgan fingerprint density at radius 1 is 1.67 bits per heavy atom. The zero-order valence-electron chi connectivity index (χ0n) is 7.43. The molecule has 3 nitrogen and oxygen atoms in total. The summed E-state index contributed by atoms with van der Waals surface area (Å²) in [6.07, 6.45) is -2.78. The minimum absolute atomic E-state index is 0.0729. The van der Waals surface area contributed by atoms with Gasteiger partial charge in [-0.25, -0.2) is 13.8 Å². The zero-order valence-corrected chi connectivity index (χ0v) is 9.77. The number of alkyl halides is 2. The summed E-state index contributed by atoms with van der Waals surface area (Å²) in [6.45, 7) is 0. The summed E-state index contributed by atoms with van der Waals surface area (Å²) in [4.78, 5) is 14.5. The fraction of sp³-hybridized carbons (Fsp3) is 0.250. The highest BCUT2D eigenvalue weighted by atomic mass is 79.9. The molecule has 0 N–H and O–H groups in total. The molecule has 1 rings (SSSR count). The predicted molar refractivity (Wildman–Crippen MR) is 53.6 cm³/mol. The van der Waals surface area contributed by atoms with Crippen LogP contribution in [-0.2, 0) is 0 Å². The van der Waals surface area contributed by atoms with Crippen LogP contribution in [0.4, 0.5) is 8.78 Å². The molecular formula is C8H5BrClF2NO2. The molecule has 0 aliphatic heterocycles. The smallest absolute Gasteiger partial charge is 0.269 e. The molecule has 0 aromatic carbocycles. The van der Waals surface area contributed by atoms with Crippen LogP contribution in [0.1, 0.15) is 22.3 Å². The van der Waals surface area contributed by atoms with Gasteiger partial charge in [0, 0.05) is 0 Å². The molecule has 82 valence electrons. The fourth-order valence-corrected chi connectivity index (χ4v) is 1.66. The number of nitrogens with zero attached hydrogens (tertiary/aromatic N) is 1. The standard InChI is InChI=1S/C8H5BrClF2NO2/c1-15-8-4(7(11)12)2-3(6(10)14)5(9)13-8/h2,7H,1H3. The summed E-state index contributed by atoms with van der Waals surface area (Å²) in [5.74, 6) is -0.237. The summed E-state index contributed by atoms with van der Waals surface area (Å²) < 4.78 is 29.7. The second-order valence-electron chi connectivity index (χ2n) is 2.50. The van der Waals surface area contributed by atoms with Crippen molar-refractivity contribution in [1.29, 1.82) is 0 Å². The van der Waals surface area contributed by atoms with Crippen molar-refractivity contribution in [2.45, 2.75) is 6.43 Å². The van der Waals surface area contributed by atoms with Crippen molar-refractivity contribution in [3.05, 3.63) is 21.8 Å². The van der Waals surface area contributed by atoms with E-state index >= 15 is 0 Å². The number of pyridine rings is 1. The molecule has 0 fully saturated rings. The van der Waals surface area contributed by atoms with Crippen molar-refractivity contribution in [3.8, 4) is 5.88 Å². The van der Waals surface area contributed by atoms with Gasteiger partial charge in [0.1, 0.15) is 4.60 Å². The van der Waals surface area contributed by atoms with Gasteiger partial charge in [0.15, 0.2) is 0 Å². The quantitative estimate of drug-likeness (QED) is 0.636. The van der Waals surface area contributed by atoms with E-state index in [4.69, 9.17) is 11.6 Å². The van der Waals surface area contributed by atoms with E-state index in [1.165, 1.54) is 7.11 Å². The Bertz CT molecular complexity index is 400. The number of halogens is 4. The molecule has 7 heteroatoms. The summed E-state index contributed by atoms with van der Waals surface area (Å²) in [6, 6.07) is 0.954. The van der Waals surface area contributed by atoms with Crippen LogP contribution < -0.4 is 4.74 Å². The van der Waals surface area contributed by atoms with Crippen molar-refractivity contribution in [2.75, 3.05) is 7.11 Å². The average molecular weight is 300 g/mol. The molecule has 0 unspecified atom stereocenters. The summed E-state index contributed by atoms with van der Waals surface area (Å²) in [5.41, 5.74) is -0.586. The van der Waals surface area contributed by atoms with E-state index in [-0.39, 0.29) is 16.0 Å². The molecule has 1 heterocycles. The van der Waals surface area contributed by atoms with Crippen molar-refractivity contribution >= 4 is 32.8 Å². The van der Waals surface area contributed by atoms with Gasteiger partial charge in [-0.3, -0.25) is 4.79 Å². The number of hydrogen-bond donors (Lipinski definition) is 0. The van der Waals surface area contributed by atoms with Gasteiger partial charge in [-0.2, -0.15) is 0 Å². The Kier molecular flexibility index (Phi) is 3.98. The van der Waals surface area contributed by atoms with E-state index < -0.39 is 17.2 Å². The Labute approximate surface area is 97.5 Å². The first-order valence-corrected chi connectivity index (χ1v) is 4.87. The van der Waals surface area contributed by atoms with Gasteiger partial charge < -0.3 is 4.74 Å². The number of hydrogen-bond acceptors (Lipinski definition) is 3. The topological polar surface area (TPSA) is 39.2 Å². The van der Waals surface area contributed by atoms with Gasteiger partial charge in [0.2, 0.25) is 5.88 Å². The number of carbonyl (C=O) groups excluding carboxylic acids is 1. The maximum Gasteiger partial charge on any atom is 0.269 e. The van der Waals surface area contributed by atoms with Gasteiger partial charge in [0.05, 0.1) is 18.2 Å². The molecule has 0 radical (unpaired) electrons. The molecule has 0 aliphatic rings. The largest absolute Gasteiger partial charge is 0.481 e. The van der Waals surface area contributed by atoms with E-state index in [0.29, 0.717) is 0 Å². The number of aromatic nitrogens is 1. The third-order valence-corrected chi connectivity index (χ3v) is 2.42. The lowest BCUT2D eigenvalue weighted by Gasteiger charge is -2.08. The molecule has 0 aliphatic carbocycles. The van der Waals surface area contributed by atoms with Gasteiger partial charge in [0.25, 0.3) is 11.7 Å². The molecular weight excluding hydrogens is 295 g/mol. The second-order valence-corrected chi connectivity index (χ2v) is 3.59. The van der Waals surface area contributed by atoms with E-state index in [1.807, 2.05) is 0 Å². The van der Waals surface area contributed by atoms with Crippen LogP contribution in [0.25, 0.3) is 0 Å². The number of rotatable bonds is 3. The number of carbonyl (C=O) groups is 1. The highest BCUT2D eigenvalue weighted by Gasteiger charge is 2.20. The Hall–Kier alpha value is -0.750. The first kappa shape index (κ1) is 12.3. The van der Waals surface area contributed by atoms with E-state index in [9.17, 15) is 13.6 Å². The lowest BCUT2D eigenvalue weighted by molar-refractivity contribution is 0.107. The van der Waals surface area contributed by atoms with Gasteiger partial charge in [-0.05, 0) is 33.6 Å². The highest BCUT2D eigenvalue weighted by Crippen LogP contribution is 2.31. The molecule has 0 bridgehead atoms. The summed E-state index contributed by atoms with van der Waals surface area (Å²) in [7, 11) is 1.21. The number of methoxy groups -OCH3 is 1. The predicted octanol–water partition coefficient (Wildman–Crippen LogP) is 3.17. The Morgan fingerprint density at radius 2 is 2.27 bits per heavy atom. The first-order chi connectivity index (χ1) is 6.97. The highest BCUT2D eigenvalue weighted by molar-refractivity contribution is 9.10. The number of ether oxygens (including phenoxy) is 1. The van der Waals surface area contributed by atoms with Crippen LogP contribution in [-0.4, -0.2) is 17.3 Å². The van der Waals surface area contributed by atoms with Crippen LogP contribution in [0.2, 0.25) is 0 Å². The van der Waals surface area contributed by atoms with Crippen LogP contribution >= 0.6 is 27.5 Å². The minimum Gasteiger partial charge on any atom is -0.481 e. The summed E-state index contributed by atoms with van der Waals surface area (Å²) >= 11 is 8.12. The van der Waals surface area contributed by atoms with Crippen LogP contribution in [0.5, 0.6) is 5.88 Å². The molecule has 0 spiro atoms. The lowest BCUT2D eigenvalue weighted by atomic mass is 10.2. The molecule has 1 aromatic heterocycles. The SMILES string of the molecule is COc1nc(Br)c(C(=O)Cl)cc1C(F)F. The maximum absolute atomic E-state index is 12.5. The zero-order chi connectivity index (χ0) is 11.6. The molecule has 0 amide bonds. The summed E-state index contributed by atoms with van der Waals surface area (Å²) in [5, 5.41) is -0.862. The molecule has 1 aromatic rings. The van der Waals surface area contributed by atoms with Crippen molar-refractivity contribution in [2.24, 2.45) is 0 Å². The van der Waals surface area contributed by atoms with Crippen LogP contribution in [0.3, 0.4) is 0 Å². The lowest BCUT2D eigenvalue weighted by Crippen LogP contribution is -2.01. The fourth-order valence-electron chi connectivity index (χ4n) is 0.948. The normalized spacial score (nSPS) is 10.5. The Balaban J connectivity index is 3.37. The second kappa shape index (κ2) is 4.85. The van der Waals surface area contributed by atoms with Gasteiger partial charge >= 0.3 is 0 Å². The molecule has 15 heavy (non-hydrogen) atoms. The van der Waals surface area contributed by atoms with E-state index in [2.05, 4.69) is 25.7 Å². The van der Waals surface area contributed by atoms with E-state index in [1.54, 1.807) is 0 Å². The van der Waals surface area contributed by atoms with E-state index in [0.717, 1.165) is 6.07 Å². The third-order valence-electron chi connectivity index (χ3n) is 1.61.